The summed E-state index contributed by atoms with van der Waals surface area (Å²) in [5.74, 6) is -1.63. The van der Waals surface area contributed by atoms with Crippen molar-refractivity contribution in [3.05, 3.63) is 12.7 Å². The van der Waals surface area contributed by atoms with Crippen LogP contribution in [0.3, 0.4) is 0 Å². The number of carbonyl (C=O) groups excluding carboxylic acids is 3. The number of methoxy groups -OCH3 is 1. The fourth-order valence-electron chi connectivity index (χ4n) is 1.48. The smallest absolute Gasteiger partial charge is 0.339 e. The molecule has 1 N–H and O–H groups in total. The topological polar surface area (TPSA) is 72.5 Å². The number of ketones is 1. The van der Waals surface area contributed by atoms with Gasteiger partial charge in [-0.15, -0.1) is 6.58 Å². The monoisotopic (exact) mass is 227 g/mol. The van der Waals surface area contributed by atoms with Gasteiger partial charge >= 0.3 is 5.97 Å². The molecule has 0 heterocycles. The highest BCUT2D eigenvalue weighted by Gasteiger charge is 2.45. The Kier molecular flexibility index (Phi) is 5.42. The molecule has 0 spiro atoms. The quantitative estimate of drug-likeness (QED) is 0.409. The van der Waals surface area contributed by atoms with Crippen molar-refractivity contribution in [1.82, 2.24) is 5.32 Å². The summed E-state index contributed by atoms with van der Waals surface area (Å²) in [5.41, 5.74) is -1.63. The molecule has 0 aromatic heterocycles. The predicted molar refractivity (Wildman–Crippen MR) is 58.7 cm³/mol. The molecule has 0 saturated heterocycles. The highest BCUT2D eigenvalue weighted by Crippen LogP contribution is 2.17. The van der Waals surface area contributed by atoms with Crippen molar-refractivity contribution in [1.29, 1.82) is 0 Å². The molecule has 0 aliphatic heterocycles. The number of hydrogen-bond donors (Lipinski definition) is 1. The minimum Gasteiger partial charge on any atom is -0.467 e. The van der Waals surface area contributed by atoms with Gasteiger partial charge in [-0.25, -0.2) is 4.79 Å². The van der Waals surface area contributed by atoms with Gasteiger partial charge in [-0.05, 0) is 0 Å². The van der Waals surface area contributed by atoms with E-state index in [1.807, 2.05) is 0 Å². The normalized spacial score (nSPS) is 13.4. The lowest BCUT2D eigenvalue weighted by atomic mass is 9.88. The van der Waals surface area contributed by atoms with Crippen LogP contribution in [0.2, 0.25) is 0 Å². The molecule has 0 aromatic rings. The van der Waals surface area contributed by atoms with Crippen LogP contribution in [-0.2, 0) is 19.1 Å². The van der Waals surface area contributed by atoms with E-state index < -0.39 is 23.2 Å². The molecule has 0 radical (unpaired) electrons. The second-order valence-electron chi connectivity index (χ2n) is 3.35. The van der Waals surface area contributed by atoms with Gasteiger partial charge in [0, 0.05) is 19.8 Å². The Hall–Kier alpha value is -1.65. The first-order chi connectivity index (χ1) is 7.44. The summed E-state index contributed by atoms with van der Waals surface area (Å²) in [4.78, 5) is 34.5. The van der Waals surface area contributed by atoms with E-state index in [4.69, 9.17) is 0 Å². The molecule has 5 nitrogen and oxygen atoms in total. The van der Waals surface area contributed by atoms with Crippen LogP contribution >= 0.6 is 0 Å². The van der Waals surface area contributed by atoms with Gasteiger partial charge in [0.1, 0.15) is 0 Å². The Morgan fingerprint density at radius 3 is 2.31 bits per heavy atom. The lowest BCUT2D eigenvalue weighted by Crippen LogP contribution is -2.59. The summed E-state index contributed by atoms with van der Waals surface area (Å²) in [5, 5.41) is 2.36. The van der Waals surface area contributed by atoms with E-state index in [1.54, 1.807) is 6.92 Å². The molecule has 1 unspecified atom stereocenters. The van der Waals surface area contributed by atoms with Crippen molar-refractivity contribution in [3.63, 3.8) is 0 Å². The van der Waals surface area contributed by atoms with Crippen molar-refractivity contribution < 1.29 is 19.1 Å². The minimum atomic E-state index is -1.63. The summed E-state index contributed by atoms with van der Waals surface area (Å²) in [6.07, 6.45) is 1.55. The number of carbonyl (C=O) groups is 3. The first-order valence-corrected chi connectivity index (χ1v) is 4.96. The maximum atomic E-state index is 11.8. The van der Waals surface area contributed by atoms with Gasteiger partial charge in [-0.3, -0.25) is 9.59 Å². The van der Waals surface area contributed by atoms with Gasteiger partial charge in [0.15, 0.2) is 5.78 Å². The number of amides is 1. The maximum absolute atomic E-state index is 11.8. The van der Waals surface area contributed by atoms with E-state index in [1.165, 1.54) is 20.1 Å². The second kappa shape index (κ2) is 6.05. The summed E-state index contributed by atoms with van der Waals surface area (Å²) < 4.78 is 4.57. The van der Waals surface area contributed by atoms with Crippen molar-refractivity contribution in [3.8, 4) is 0 Å². The number of esters is 1. The van der Waals surface area contributed by atoms with Crippen molar-refractivity contribution in [2.24, 2.45) is 0 Å². The van der Waals surface area contributed by atoms with Crippen LogP contribution in [0.25, 0.3) is 0 Å². The van der Waals surface area contributed by atoms with E-state index in [9.17, 15) is 14.4 Å². The van der Waals surface area contributed by atoms with Gasteiger partial charge in [0.2, 0.25) is 11.4 Å². The van der Waals surface area contributed by atoms with Gasteiger partial charge in [0.05, 0.1) is 7.11 Å². The summed E-state index contributed by atoms with van der Waals surface area (Å²) in [6.45, 7) is 6.33. The van der Waals surface area contributed by atoms with Gasteiger partial charge < -0.3 is 10.1 Å². The Balaban J connectivity index is 5.36. The zero-order chi connectivity index (χ0) is 12.8. The average Bonchev–Trinajstić information content (AvgIpc) is 2.25. The molecule has 0 bridgehead atoms. The zero-order valence-corrected chi connectivity index (χ0v) is 9.83. The average molecular weight is 227 g/mol. The molecule has 1 atom stereocenters. The molecule has 0 aliphatic rings. The largest absolute Gasteiger partial charge is 0.467 e. The summed E-state index contributed by atoms with van der Waals surface area (Å²) >= 11 is 0. The molecule has 0 fully saturated rings. The van der Waals surface area contributed by atoms with Crippen LogP contribution in [0, 0.1) is 0 Å². The highest BCUT2D eigenvalue weighted by molar-refractivity contribution is 6.10. The molecule has 90 valence electrons. The molecule has 5 heteroatoms. The van der Waals surface area contributed by atoms with E-state index >= 15 is 0 Å². The van der Waals surface area contributed by atoms with Crippen molar-refractivity contribution in [2.75, 3.05) is 7.11 Å². The Bertz CT molecular complexity index is 293. The number of Topliss-reactive ketones (excluding diaryl/α,β-unsaturated/α-hetero) is 1. The molecule has 0 saturated carbocycles. The number of hydrogen-bond acceptors (Lipinski definition) is 4. The van der Waals surface area contributed by atoms with Crippen LogP contribution in [0.5, 0.6) is 0 Å². The first kappa shape index (κ1) is 14.3. The van der Waals surface area contributed by atoms with E-state index in [-0.39, 0.29) is 12.8 Å². The van der Waals surface area contributed by atoms with Crippen LogP contribution in [0.15, 0.2) is 12.7 Å². The highest BCUT2D eigenvalue weighted by atomic mass is 16.5. The van der Waals surface area contributed by atoms with Crippen molar-refractivity contribution >= 4 is 17.7 Å². The lowest BCUT2D eigenvalue weighted by Gasteiger charge is -2.28. The van der Waals surface area contributed by atoms with Crippen molar-refractivity contribution in [2.45, 2.75) is 32.2 Å². The van der Waals surface area contributed by atoms with Crippen LogP contribution < -0.4 is 5.32 Å². The van der Waals surface area contributed by atoms with E-state index in [2.05, 4.69) is 16.6 Å². The fraction of sp³-hybridized carbons (Fsp3) is 0.545. The van der Waals surface area contributed by atoms with Crippen LogP contribution in [0.4, 0.5) is 0 Å². The Morgan fingerprint density at radius 2 is 2.00 bits per heavy atom. The van der Waals surface area contributed by atoms with Gasteiger partial charge in [0.25, 0.3) is 0 Å². The van der Waals surface area contributed by atoms with Crippen LogP contribution in [-0.4, -0.2) is 30.3 Å². The Labute approximate surface area is 94.8 Å². The fourth-order valence-corrected chi connectivity index (χ4v) is 1.48. The van der Waals surface area contributed by atoms with Crippen LogP contribution in [0.1, 0.15) is 26.7 Å². The molecular formula is C11H17NO4. The molecule has 0 rings (SSSR count). The second-order valence-corrected chi connectivity index (χ2v) is 3.35. The minimum absolute atomic E-state index is 0.0198. The lowest BCUT2D eigenvalue weighted by molar-refractivity contribution is -0.155. The SMILES string of the molecule is C=CCC(NC(C)=O)(C(=O)CC)C(=O)OC. The zero-order valence-electron chi connectivity index (χ0n) is 9.83. The summed E-state index contributed by atoms with van der Waals surface area (Å²) in [7, 11) is 1.17. The molecule has 16 heavy (non-hydrogen) atoms. The van der Waals surface area contributed by atoms with Gasteiger partial charge in [-0.1, -0.05) is 13.0 Å². The van der Waals surface area contributed by atoms with E-state index in [0.717, 1.165) is 0 Å². The predicted octanol–water partition coefficient (Wildman–Crippen LogP) is 0.589. The standard InChI is InChI=1S/C11H17NO4/c1-5-7-11(9(14)6-2,10(15)16-4)12-8(3)13/h5H,1,6-7H2,2-4H3,(H,12,13). The number of rotatable bonds is 6. The molecule has 1 amide bonds. The third kappa shape index (κ3) is 2.92. The summed E-state index contributed by atoms with van der Waals surface area (Å²) in [6, 6.07) is 0. The van der Waals surface area contributed by atoms with E-state index in [0.29, 0.717) is 0 Å². The molecule has 0 aromatic carbocycles. The van der Waals surface area contributed by atoms with Gasteiger partial charge in [-0.2, -0.15) is 0 Å². The third-order valence-corrected chi connectivity index (χ3v) is 2.17. The Morgan fingerprint density at radius 1 is 1.44 bits per heavy atom. The first-order valence-electron chi connectivity index (χ1n) is 4.96. The number of nitrogens with one attached hydrogen (secondary N) is 1. The molecular weight excluding hydrogens is 210 g/mol. The maximum Gasteiger partial charge on any atom is 0.339 e. The third-order valence-electron chi connectivity index (χ3n) is 2.17. The number of ether oxygens (including phenoxy) is 1. The molecule has 0 aliphatic carbocycles.